The molecular formula is C19H14ClN3O2. The van der Waals surface area contributed by atoms with Crippen LogP contribution >= 0.6 is 11.6 Å². The van der Waals surface area contributed by atoms with E-state index in [4.69, 9.17) is 23.1 Å². The summed E-state index contributed by atoms with van der Waals surface area (Å²) in [5, 5.41) is 11.7. The number of para-hydroxylation sites is 1. The molecule has 0 atom stereocenters. The van der Waals surface area contributed by atoms with Crippen molar-refractivity contribution in [3.05, 3.63) is 59.1 Å². The van der Waals surface area contributed by atoms with Gasteiger partial charge in [-0.1, -0.05) is 35.9 Å². The summed E-state index contributed by atoms with van der Waals surface area (Å²) >= 11 is 6.02. The molecule has 1 heterocycles. The summed E-state index contributed by atoms with van der Waals surface area (Å²) in [5.74, 6) is -0.631. The summed E-state index contributed by atoms with van der Waals surface area (Å²) in [6.07, 6.45) is 0. The predicted octanol–water partition coefficient (Wildman–Crippen LogP) is 4.03. The molecule has 0 fully saturated rings. The van der Waals surface area contributed by atoms with E-state index in [9.17, 15) is 9.90 Å². The first-order chi connectivity index (χ1) is 12.0. The fraction of sp³-hybridized carbons (Fsp3) is 0. The van der Waals surface area contributed by atoms with Crippen molar-refractivity contribution in [1.29, 1.82) is 0 Å². The number of halogens is 1. The van der Waals surface area contributed by atoms with E-state index in [0.29, 0.717) is 16.6 Å². The van der Waals surface area contributed by atoms with Gasteiger partial charge in [0, 0.05) is 21.9 Å². The number of rotatable bonds is 2. The first-order valence-corrected chi connectivity index (χ1v) is 7.96. The third kappa shape index (κ3) is 2.28. The maximum Gasteiger partial charge on any atom is 0.252 e. The van der Waals surface area contributed by atoms with Gasteiger partial charge in [-0.05, 0) is 29.8 Å². The predicted molar refractivity (Wildman–Crippen MR) is 101 cm³/mol. The van der Waals surface area contributed by atoms with Crippen molar-refractivity contribution in [2.45, 2.75) is 0 Å². The number of aromatic hydroxyl groups is 1. The molecule has 0 spiro atoms. The van der Waals surface area contributed by atoms with Crippen LogP contribution in [0.15, 0.2) is 48.5 Å². The largest absolute Gasteiger partial charge is 0.506 e. The molecular weight excluding hydrogens is 338 g/mol. The number of carbonyl (C=O) groups excluding carboxylic acids is 1. The fourth-order valence-electron chi connectivity index (χ4n) is 3.17. The number of aromatic amines is 1. The number of phenols is 1. The van der Waals surface area contributed by atoms with E-state index in [1.54, 1.807) is 12.1 Å². The van der Waals surface area contributed by atoms with Gasteiger partial charge in [0.05, 0.1) is 21.8 Å². The molecule has 0 saturated carbocycles. The van der Waals surface area contributed by atoms with Crippen LogP contribution in [0.3, 0.4) is 0 Å². The molecule has 0 aliphatic heterocycles. The molecule has 6 heteroatoms. The van der Waals surface area contributed by atoms with Crippen LogP contribution in [0.5, 0.6) is 5.75 Å². The van der Waals surface area contributed by atoms with Crippen LogP contribution in [0.4, 0.5) is 5.69 Å². The second-order valence-corrected chi connectivity index (χ2v) is 6.24. The summed E-state index contributed by atoms with van der Waals surface area (Å²) in [4.78, 5) is 15.3. The van der Waals surface area contributed by atoms with Crippen LogP contribution in [-0.2, 0) is 0 Å². The number of amides is 1. The van der Waals surface area contributed by atoms with Crippen LogP contribution in [0.1, 0.15) is 10.4 Å². The van der Waals surface area contributed by atoms with Gasteiger partial charge in [0.2, 0.25) is 0 Å². The van der Waals surface area contributed by atoms with E-state index in [2.05, 4.69) is 4.98 Å². The standard InChI is InChI=1S/C19H14ClN3O2/c20-13-7-9(5-6-15(13)24)11-8-12-10-3-1-2-4-14(10)23-18(12)16(17(11)21)19(22)25/h1-8,23-24H,21H2,(H2,22,25). The molecule has 1 amide bonds. The monoisotopic (exact) mass is 351 g/mol. The first kappa shape index (κ1) is 15.4. The third-order valence-electron chi connectivity index (χ3n) is 4.35. The Labute approximate surface area is 147 Å². The normalized spacial score (nSPS) is 11.2. The summed E-state index contributed by atoms with van der Waals surface area (Å²) in [6, 6.07) is 14.4. The van der Waals surface area contributed by atoms with Gasteiger partial charge in [0.25, 0.3) is 5.91 Å². The minimum Gasteiger partial charge on any atom is -0.506 e. The smallest absolute Gasteiger partial charge is 0.252 e. The molecule has 4 rings (SSSR count). The highest BCUT2D eigenvalue weighted by atomic mass is 35.5. The minimum atomic E-state index is -0.610. The second kappa shape index (κ2) is 5.43. The van der Waals surface area contributed by atoms with Gasteiger partial charge in [0.15, 0.2) is 0 Å². The lowest BCUT2D eigenvalue weighted by atomic mass is 9.96. The van der Waals surface area contributed by atoms with Crippen molar-refractivity contribution >= 4 is 45.0 Å². The van der Waals surface area contributed by atoms with E-state index < -0.39 is 5.91 Å². The number of phenolic OH excluding ortho intramolecular Hbond substituents is 1. The van der Waals surface area contributed by atoms with Crippen LogP contribution in [-0.4, -0.2) is 16.0 Å². The minimum absolute atomic E-state index is 0.0210. The summed E-state index contributed by atoms with van der Waals surface area (Å²) in [5.41, 5.74) is 15.2. The average Bonchev–Trinajstić information content (AvgIpc) is 2.94. The number of anilines is 1. The molecule has 25 heavy (non-hydrogen) atoms. The lowest BCUT2D eigenvalue weighted by Crippen LogP contribution is -2.15. The van der Waals surface area contributed by atoms with E-state index in [0.717, 1.165) is 16.3 Å². The van der Waals surface area contributed by atoms with Crippen molar-refractivity contribution in [3.63, 3.8) is 0 Å². The number of aromatic nitrogens is 1. The molecule has 0 aliphatic carbocycles. The van der Waals surface area contributed by atoms with Crippen molar-refractivity contribution in [3.8, 4) is 16.9 Å². The highest BCUT2D eigenvalue weighted by Crippen LogP contribution is 2.39. The molecule has 6 N–H and O–H groups in total. The van der Waals surface area contributed by atoms with Gasteiger partial charge in [-0.3, -0.25) is 4.79 Å². The van der Waals surface area contributed by atoms with E-state index in [1.807, 2.05) is 30.3 Å². The molecule has 3 aromatic carbocycles. The quantitative estimate of drug-likeness (QED) is 0.410. The van der Waals surface area contributed by atoms with Gasteiger partial charge in [0.1, 0.15) is 5.75 Å². The third-order valence-corrected chi connectivity index (χ3v) is 4.65. The number of hydrogen-bond donors (Lipinski definition) is 4. The Balaban J connectivity index is 2.14. The Morgan fingerprint density at radius 2 is 1.84 bits per heavy atom. The number of nitrogens with one attached hydrogen (secondary N) is 1. The molecule has 5 nitrogen and oxygen atoms in total. The number of H-pyrrole nitrogens is 1. The number of carbonyl (C=O) groups is 1. The number of hydrogen-bond acceptors (Lipinski definition) is 3. The molecule has 0 unspecified atom stereocenters. The maximum atomic E-state index is 12.1. The number of benzene rings is 3. The number of nitrogen functional groups attached to an aromatic ring is 1. The van der Waals surface area contributed by atoms with Crippen molar-refractivity contribution in [2.75, 3.05) is 5.73 Å². The van der Waals surface area contributed by atoms with Crippen LogP contribution in [0, 0.1) is 0 Å². The zero-order chi connectivity index (χ0) is 17.7. The summed E-state index contributed by atoms with van der Waals surface area (Å²) in [6.45, 7) is 0. The molecule has 0 radical (unpaired) electrons. The van der Waals surface area contributed by atoms with Gasteiger partial charge in [-0.15, -0.1) is 0 Å². The van der Waals surface area contributed by atoms with Crippen molar-refractivity contribution in [1.82, 2.24) is 4.98 Å². The molecule has 124 valence electrons. The highest BCUT2D eigenvalue weighted by molar-refractivity contribution is 6.32. The molecule has 0 saturated heterocycles. The Morgan fingerprint density at radius 1 is 1.08 bits per heavy atom. The van der Waals surface area contributed by atoms with Crippen LogP contribution in [0.2, 0.25) is 5.02 Å². The lowest BCUT2D eigenvalue weighted by Gasteiger charge is -2.12. The van der Waals surface area contributed by atoms with E-state index in [-0.39, 0.29) is 22.0 Å². The van der Waals surface area contributed by atoms with E-state index >= 15 is 0 Å². The molecule has 1 aromatic heterocycles. The SMILES string of the molecule is NC(=O)c1c(N)c(-c2ccc(O)c(Cl)c2)cc2c1[nH]c1ccccc12. The van der Waals surface area contributed by atoms with Crippen LogP contribution < -0.4 is 11.5 Å². The Hall–Kier alpha value is -3.18. The maximum absolute atomic E-state index is 12.1. The average molecular weight is 352 g/mol. The topological polar surface area (TPSA) is 105 Å². The van der Waals surface area contributed by atoms with Crippen molar-refractivity contribution in [2.24, 2.45) is 5.73 Å². The van der Waals surface area contributed by atoms with Gasteiger partial charge >= 0.3 is 0 Å². The first-order valence-electron chi connectivity index (χ1n) is 7.59. The highest BCUT2D eigenvalue weighted by Gasteiger charge is 2.20. The Bertz CT molecular complexity index is 1160. The molecule has 4 aromatic rings. The van der Waals surface area contributed by atoms with Crippen LogP contribution in [0.25, 0.3) is 32.9 Å². The molecule has 0 aliphatic rings. The van der Waals surface area contributed by atoms with Gasteiger partial charge < -0.3 is 21.6 Å². The number of primary amides is 1. The van der Waals surface area contributed by atoms with Gasteiger partial charge in [-0.25, -0.2) is 0 Å². The zero-order valence-electron chi connectivity index (χ0n) is 13.0. The van der Waals surface area contributed by atoms with Gasteiger partial charge in [-0.2, -0.15) is 0 Å². The fourth-order valence-corrected chi connectivity index (χ4v) is 3.35. The Kier molecular flexibility index (Phi) is 3.33. The summed E-state index contributed by atoms with van der Waals surface area (Å²) in [7, 11) is 0. The summed E-state index contributed by atoms with van der Waals surface area (Å²) < 4.78 is 0. The number of nitrogens with two attached hydrogens (primary N) is 2. The Morgan fingerprint density at radius 3 is 2.56 bits per heavy atom. The molecule has 0 bridgehead atoms. The van der Waals surface area contributed by atoms with E-state index in [1.165, 1.54) is 6.07 Å². The van der Waals surface area contributed by atoms with Crippen molar-refractivity contribution < 1.29 is 9.90 Å². The zero-order valence-corrected chi connectivity index (χ0v) is 13.8. The number of fused-ring (bicyclic) bond motifs is 3. The second-order valence-electron chi connectivity index (χ2n) is 5.84. The lowest BCUT2D eigenvalue weighted by molar-refractivity contribution is 0.100.